The fourth-order valence-electron chi connectivity index (χ4n) is 11.2. The lowest BCUT2D eigenvalue weighted by Gasteiger charge is -2.48. The highest BCUT2D eigenvalue weighted by Crippen LogP contribution is 2.33. The second-order valence-electron chi connectivity index (χ2n) is 24.9. The van der Waals surface area contributed by atoms with Gasteiger partial charge in [0.25, 0.3) is 0 Å². The topological polar surface area (TPSA) is 307 Å². The van der Waals surface area contributed by atoms with Crippen LogP contribution in [0.4, 0.5) is 0 Å². The highest BCUT2D eigenvalue weighted by Gasteiger charge is 2.53. The fourth-order valence-corrected chi connectivity index (χ4v) is 11.2. The van der Waals surface area contributed by atoms with E-state index in [0.29, 0.717) is 12.8 Å². The van der Waals surface area contributed by atoms with E-state index in [1.807, 2.05) is 6.08 Å². The largest absolute Gasteiger partial charge is 0.394 e. The standard InChI is InChI=1S/C75H125NO18/c1-3-5-7-9-11-13-15-17-19-20-21-22-23-24-25-26-27-28-29-30-31-32-33-34-35-36-37-38-39-41-43-45-47-49-51-53-63(81)76-58(59(80)52-50-48-46-44-42-40-18-16-14-12-10-8-6-4-2)57-89-73-69(87)66(84)71(61(55-78)91-73)94-75-70(88)67(85)72(62(56-79)92-75)93-74-68(86)65(83)64(82)60(54-77)90-74/h5,7,11,13-14,16-17,19,21-22,24-25,27-28,30-31,42,44,50,52,58-62,64-75,77-80,82-88H,3-4,6,8-10,12,15,18,20,23,26,29,32-41,43,45-49,51,53-57H2,1-2H3,(H,76,81)/b7-5-,13-11-,16-14+,19-17-,22-21-,25-24-,28-27-,31-30-,44-42+,52-50+. The first-order valence-corrected chi connectivity index (χ1v) is 35.8. The number of hydrogen-bond donors (Lipinski definition) is 12. The molecule has 0 saturated carbocycles. The Bertz CT molecular complexity index is 2180. The molecule has 3 aliphatic rings. The highest BCUT2D eigenvalue weighted by molar-refractivity contribution is 5.76. The molecule has 0 aromatic carbocycles. The molecule has 0 spiro atoms. The summed E-state index contributed by atoms with van der Waals surface area (Å²) in [4.78, 5) is 13.4. The Balaban J connectivity index is 1.37. The number of ether oxygens (including phenoxy) is 6. The average Bonchev–Trinajstić information content (AvgIpc) is 0.792. The molecule has 17 atom stereocenters. The molecule has 538 valence electrons. The van der Waals surface area contributed by atoms with E-state index in [9.17, 15) is 61.0 Å². The Morgan fingerprint density at radius 2 is 0.745 bits per heavy atom. The first-order valence-electron chi connectivity index (χ1n) is 35.8. The number of nitrogens with one attached hydrogen (secondary N) is 1. The van der Waals surface area contributed by atoms with E-state index in [0.717, 1.165) is 103 Å². The number of carbonyl (C=O) groups excluding carboxylic acids is 1. The van der Waals surface area contributed by atoms with Crippen LogP contribution in [0, 0.1) is 0 Å². The summed E-state index contributed by atoms with van der Waals surface area (Å²) >= 11 is 0. The molecule has 0 bridgehead atoms. The Hall–Kier alpha value is -3.81. The predicted octanol–water partition coefficient (Wildman–Crippen LogP) is 9.99. The molecule has 0 aromatic rings. The third kappa shape index (κ3) is 36.1. The van der Waals surface area contributed by atoms with E-state index < -0.39 is 124 Å². The molecular weight excluding hydrogens is 1200 g/mol. The van der Waals surface area contributed by atoms with Gasteiger partial charge in [0.05, 0.1) is 38.6 Å². The summed E-state index contributed by atoms with van der Waals surface area (Å²) in [5, 5.41) is 120. The molecule has 12 N–H and O–H groups in total. The number of rotatable bonds is 53. The van der Waals surface area contributed by atoms with E-state index in [1.54, 1.807) is 6.08 Å². The minimum absolute atomic E-state index is 0.223. The van der Waals surface area contributed by atoms with Gasteiger partial charge in [-0.3, -0.25) is 4.79 Å². The summed E-state index contributed by atoms with van der Waals surface area (Å²) in [5.41, 5.74) is 0. The minimum atomic E-state index is -1.99. The first kappa shape index (κ1) is 84.4. The minimum Gasteiger partial charge on any atom is -0.394 e. The van der Waals surface area contributed by atoms with Crippen LogP contribution in [0.5, 0.6) is 0 Å². The second-order valence-corrected chi connectivity index (χ2v) is 24.9. The summed E-state index contributed by atoms with van der Waals surface area (Å²) in [6.07, 6.45) is 49.0. The number of carbonyl (C=O) groups is 1. The lowest BCUT2D eigenvalue weighted by molar-refractivity contribution is -0.379. The van der Waals surface area contributed by atoms with Crippen molar-refractivity contribution in [3.63, 3.8) is 0 Å². The monoisotopic (exact) mass is 1330 g/mol. The lowest BCUT2D eigenvalue weighted by Crippen LogP contribution is -2.66. The molecule has 19 heteroatoms. The molecule has 0 aromatic heterocycles. The van der Waals surface area contributed by atoms with Gasteiger partial charge in [-0.25, -0.2) is 0 Å². The van der Waals surface area contributed by atoms with Gasteiger partial charge in [-0.05, 0) is 103 Å². The number of aliphatic hydroxyl groups excluding tert-OH is 11. The van der Waals surface area contributed by atoms with Gasteiger partial charge in [0.2, 0.25) is 5.91 Å². The van der Waals surface area contributed by atoms with Crippen molar-refractivity contribution in [1.29, 1.82) is 0 Å². The van der Waals surface area contributed by atoms with Crippen molar-refractivity contribution >= 4 is 5.91 Å². The number of allylic oxidation sites excluding steroid dienone is 19. The van der Waals surface area contributed by atoms with Crippen molar-refractivity contribution in [1.82, 2.24) is 5.32 Å². The maximum atomic E-state index is 13.4. The highest BCUT2D eigenvalue weighted by atomic mass is 16.8. The van der Waals surface area contributed by atoms with Crippen LogP contribution in [0.15, 0.2) is 122 Å². The van der Waals surface area contributed by atoms with Crippen LogP contribution in [0.3, 0.4) is 0 Å². The van der Waals surface area contributed by atoms with E-state index in [4.69, 9.17) is 28.4 Å². The molecule has 0 radical (unpaired) electrons. The molecule has 19 nitrogen and oxygen atoms in total. The molecule has 3 heterocycles. The zero-order valence-corrected chi connectivity index (χ0v) is 56.9. The summed E-state index contributed by atoms with van der Waals surface area (Å²) in [5.74, 6) is -0.297. The third-order valence-corrected chi connectivity index (χ3v) is 17.0. The van der Waals surface area contributed by atoms with Crippen molar-refractivity contribution < 1.29 is 89.4 Å². The maximum absolute atomic E-state index is 13.4. The number of hydrogen-bond acceptors (Lipinski definition) is 18. The molecule has 94 heavy (non-hydrogen) atoms. The average molecular weight is 1330 g/mol. The van der Waals surface area contributed by atoms with Gasteiger partial charge < -0.3 is 89.9 Å². The maximum Gasteiger partial charge on any atom is 0.220 e. The van der Waals surface area contributed by atoms with Gasteiger partial charge in [-0.1, -0.05) is 225 Å². The van der Waals surface area contributed by atoms with Gasteiger partial charge in [0.15, 0.2) is 18.9 Å². The first-order chi connectivity index (χ1) is 45.8. The van der Waals surface area contributed by atoms with Gasteiger partial charge >= 0.3 is 0 Å². The van der Waals surface area contributed by atoms with Crippen LogP contribution in [-0.4, -0.2) is 193 Å². The van der Waals surface area contributed by atoms with Crippen LogP contribution >= 0.6 is 0 Å². The number of unbranched alkanes of at least 4 members (excludes halogenated alkanes) is 19. The van der Waals surface area contributed by atoms with Crippen molar-refractivity contribution in [3.8, 4) is 0 Å². The van der Waals surface area contributed by atoms with Crippen LogP contribution in [0.2, 0.25) is 0 Å². The summed E-state index contributed by atoms with van der Waals surface area (Å²) < 4.78 is 34.3. The quantitative estimate of drug-likeness (QED) is 0.0199. The van der Waals surface area contributed by atoms with Crippen LogP contribution in [0.1, 0.15) is 213 Å². The normalized spacial score (nSPS) is 28.1. The SMILES string of the molecule is CC/C=C\C/C=C\C/C=C\C/C=C\C/C=C\C/C=C\C/C=C\CCCCCCCCCCCCCCCC(=O)NC(COC1OC(CO)C(OC2OC(CO)C(OC3OC(CO)C(O)C(O)C3O)C(O)C2O)C(O)C1O)C(O)/C=C/CC/C=C/CC/C=C/CCCCCC. The smallest absolute Gasteiger partial charge is 0.220 e. The van der Waals surface area contributed by atoms with Gasteiger partial charge in [0.1, 0.15) is 73.2 Å². The van der Waals surface area contributed by atoms with Gasteiger partial charge in [0, 0.05) is 6.42 Å². The summed E-state index contributed by atoms with van der Waals surface area (Å²) in [7, 11) is 0. The Morgan fingerprint density at radius 1 is 0.394 bits per heavy atom. The van der Waals surface area contributed by atoms with Crippen molar-refractivity contribution in [2.75, 3.05) is 26.4 Å². The van der Waals surface area contributed by atoms with Crippen LogP contribution in [-0.2, 0) is 33.2 Å². The number of amides is 1. The molecule has 17 unspecified atom stereocenters. The molecule has 3 rings (SSSR count). The fraction of sp³-hybridized carbons (Fsp3) is 0.720. The van der Waals surface area contributed by atoms with Crippen molar-refractivity contribution in [3.05, 3.63) is 122 Å². The van der Waals surface area contributed by atoms with Gasteiger partial charge in [-0.2, -0.15) is 0 Å². The Kier molecular flexibility index (Phi) is 49.5. The molecule has 3 aliphatic heterocycles. The van der Waals surface area contributed by atoms with E-state index in [1.165, 1.54) is 77.0 Å². The lowest BCUT2D eigenvalue weighted by atomic mass is 9.96. The van der Waals surface area contributed by atoms with Crippen molar-refractivity contribution in [2.45, 2.75) is 317 Å². The van der Waals surface area contributed by atoms with E-state index >= 15 is 0 Å². The van der Waals surface area contributed by atoms with Crippen molar-refractivity contribution in [2.24, 2.45) is 0 Å². The number of aliphatic hydroxyl groups is 11. The van der Waals surface area contributed by atoms with E-state index in [2.05, 4.69) is 129 Å². The molecule has 1 amide bonds. The van der Waals surface area contributed by atoms with E-state index in [-0.39, 0.29) is 18.9 Å². The predicted molar refractivity (Wildman–Crippen MR) is 369 cm³/mol. The molecule has 3 fully saturated rings. The summed E-state index contributed by atoms with van der Waals surface area (Å²) in [6.45, 7) is 1.54. The second kappa shape index (κ2) is 55.1. The Labute approximate surface area is 563 Å². The third-order valence-electron chi connectivity index (χ3n) is 17.0. The van der Waals surface area contributed by atoms with Crippen LogP contribution < -0.4 is 5.32 Å². The zero-order chi connectivity index (χ0) is 68.2. The molecular formula is C75H125NO18. The zero-order valence-electron chi connectivity index (χ0n) is 56.9. The molecule has 3 saturated heterocycles. The molecule has 0 aliphatic carbocycles. The Morgan fingerprint density at radius 3 is 1.19 bits per heavy atom. The van der Waals surface area contributed by atoms with Gasteiger partial charge in [-0.15, -0.1) is 0 Å². The van der Waals surface area contributed by atoms with Crippen LogP contribution in [0.25, 0.3) is 0 Å². The summed E-state index contributed by atoms with van der Waals surface area (Å²) in [6, 6.07) is -1.00.